The molecular weight excluding hydrogens is 290 g/mol. The van der Waals surface area contributed by atoms with Crippen LogP contribution in [0.5, 0.6) is 0 Å². The average molecular weight is 303 g/mol. The molecule has 20 heavy (non-hydrogen) atoms. The van der Waals surface area contributed by atoms with Crippen LogP contribution in [0.15, 0.2) is 35.6 Å². The van der Waals surface area contributed by atoms with Crippen molar-refractivity contribution < 1.29 is 0 Å². The Morgan fingerprint density at radius 2 is 2.10 bits per heavy atom. The number of anilines is 1. The number of hydrogen-bond acceptors (Lipinski definition) is 7. The van der Waals surface area contributed by atoms with Gasteiger partial charge in [0.1, 0.15) is 16.4 Å². The zero-order valence-corrected chi connectivity index (χ0v) is 12.5. The molecule has 0 fully saturated rings. The average Bonchev–Trinajstić information content (AvgIpc) is 2.93. The Morgan fingerprint density at radius 3 is 3.00 bits per heavy atom. The van der Waals surface area contributed by atoms with Gasteiger partial charge in [0, 0.05) is 11.9 Å². The highest BCUT2D eigenvalue weighted by atomic mass is 32.2. The third-order valence-corrected chi connectivity index (χ3v) is 4.71. The normalized spacial score (nSPS) is 10.8. The van der Waals surface area contributed by atoms with Crippen molar-refractivity contribution in [3.8, 4) is 0 Å². The summed E-state index contributed by atoms with van der Waals surface area (Å²) in [4.78, 5) is 8.62. The lowest BCUT2D eigenvalue weighted by Crippen LogP contribution is -1.94. The van der Waals surface area contributed by atoms with Crippen molar-refractivity contribution in [2.24, 2.45) is 0 Å². The Kier molecular flexibility index (Phi) is 4.08. The monoisotopic (exact) mass is 303 g/mol. The SMILES string of the molecule is CCNc1nnc(CSc2ncnc3ccccc23)s1. The van der Waals surface area contributed by atoms with Gasteiger partial charge in [-0.25, -0.2) is 9.97 Å². The van der Waals surface area contributed by atoms with Crippen LogP contribution in [0.2, 0.25) is 0 Å². The number of benzene rings is 1. The van der Waals surface area contributed by atoms with Gasteiger partial charge in [0.25, 0.3) is 0 Å². The summed E-state index contributed by atoms with van der Waals surface area (Å²) in [5, 5.41) is 15.4. The van der Waals surface area contributed by atoms with Crippen molar-refractivity contribution in [1.82, 2.24) is 20.2 Å². The second-order valence-corrected chi connectivity index (χ2v) is 6.04. The summed E-state index contributed by atoms with van der Waals surface area (Å²) < 4.78 is 0. The lowest BCUT2D eigenvalue weighted by molar-refractivity contribution is 1.02. The summed E-state index contributed by atoms with van der Waals surface area (Å²) in [6, 6.07) is 8.03. The van der Waals surface area contributed by atoms with E-state index >= 15 is 0 Å². The van der Waals surface area contributed by atoms with Crippen molar-refractivity contribution in [1.29, 1.82) is 0 Å². The summed E-state index contributed by atoms with van der Waals surface area (Å²) in [6.07, 6.45) is 1.61. The molecule has 3 rings (SSSR count). The van der Waals surface area contributed by atoms with Crippen molar-refractivity contribution in [3.05, 3.63) is 35.6 Å². The van der Waals surface area contributed by atoms with Gasteiger partial charge in [-0.1, -0.05) is 41.3 Å². The van der Waals surface area contributed by atoms with Gasteiger partial charge in [0.15, 0.2) is 0 Å². The predicted octanol–water partition coefficient (Wildman–Crippen LogP) is 3.21. The molecule has 3 aromatic rings. The maximum Gasteiger partial charge on any atom is 0.205 e. The second kappa shape index (κ2) is 6.15. The molecule has 0 bridgehead atoms. The van der Waals surface area contributed by atoms with Crippen molar-refractivity contribution in [3.63, 3.8) is 0 Å². The highest BCUT2D eigenvalue weighted by molar-refractivity contribution is 7.98. The standard InChI is InChI=1S/C13H13N5S2/c1-2-14-13-18-17-11(20-13)7-19-12-9-5-3-4-6-10(9)15-8-16-12/h3-6,8H,2,7H2,1H3,(H,14,18). The zero-order chi connectivity index (χ0) is 13.8. The van der Waals surface area contributed by atoms with Crippen LogP contribution in [0.1, 0.15) is 11.9 Å². The van der Waals surface area contributed by atoms with Gasteiger partial charge in [0.2, 0.25) is 5.13 Å². The summed E-state index contributed by atoms with van der Waals surface area (Å²) in [5.41, 5.74) is 0.968. The first-order valence-electron chi connectivity index (χ1n) is 6.25. The van der Waals surface area contributed by atoms with E-state index in [9.17, 15) is 0 Å². The molecular formula is C13H13N5S2. The van der Waals surface area contributed by atoms with Crippen LogP contribution >= 0.6 is 23.1 Å². The second-order valence-electron chi connectivity index (χ2n) is 4.02. The molecule has 1 aromatic carbocycles. The Labute approximate surface area is 124 Å². The molecule has 2 heterocycles. The number of fused-ring (bicyclic) bond motifs is 1. The molecule has 102 valence electrons. The summed E-state index contributed by atoms with van der Waals surface area (Å²) in [6.45, 7) is 2.90. The Hall–Kier alpha value is -1.73. The van der Waals surface area contributed by atoms with E-state index < -0.39 is 0 Å². The quantitative estimate of drug-likeness (QED) is 0.577. The molecule has 7 heteroatoms. The van der Waals surface area contributed by atoms with Crippen LogP contribution in [-0.4, -0.2) is 26.7 Å². The smallest absolute Gasteiger partial charge is 0.205 e. The number of nitrogens with one attached hydrogen (secondary N) is 1. The van der Waals surface area contributed by atoms with Gasteiger partial charge >= 0.3 is 0 Å². The van der Waals surface area contributed by atoms with Gasteiger partial charge in [-0.3, -0.25) is 0 Å². The van der Waals surface area contributed by atoms with E-state index in [0.29, 0.717) is 0 Å². The van der Waals surface area contributed by atoms with Crippen molar-refractivity contribution in [2.45, 2.75) is 17.7 Å². The van der Waals surface area contributed by atoms with Crippen molar-refractivity contribution in [2.75, 3.05) is 11.9 Å². The van der Waals surface area contributed by atoms with E-state index in [1.165, 1.54) is 0 Å². The van der Waals surface area contributed by atoms with E-state index in [1.54, 1.807) is 29.4 Å². The highest BCUT2D eigenvalue weighted by Crippen LogP contribution is 2.28. The zero-order valence-electron chi connectivity index (χ0n) is 10.9. The third kappa shape index (κ3) is 2.88. The van der Waals surface area contributed by atoms with E-state index in [0.717, 1.165) is 38.4 Å². The van der Waals surface area contributed by atoms with E-state index in [1.807, 2.05) is 31.2 Å². The molecule has 5 nitrogen and oxygen atoms in total. The minimum absolute atomic E-state index is 0.768. The molecule has 0 aliphatic carbocycles. The topological polar surface area (TPSA) is 63.6 Å². The fourth-order valence-corrected chi connectivity index (χ4v) is 3.54. The number of rotatable bonds is 5. The Morgan fingerprint density at radius 1 is 1.20 bits per heavy atom. The maximum atomic E-state index is 4.36. The molecule has 0 aliphatic heterocycles. The van der Waals surface area contributed by atoms with E-state index in [4.69, 9.17) is 0 Å². The number of nitrogens with zero attached hydrogens (tertiary/aromatic N) is 4. The molecule has 0 radical (unpaired) electrons. The van der Waals surface area contributed by atoms with Crippen LogP contribution in [-0.2, 0) is 5.75 Å². The summed E-state index contributed by atoms with van der Waals surface area (Å²) in [7, 11) is 0. The predicted molar refractivity (Wildman–Crippen MR) is 83.2 cm³/mol. The fraction of sp³-hybridized carbons (Fsp3) is 0.231. The lowest BCUT2D eigenvalue weighted by atomic mass is 10.2. The number of hydrogen-bond donors (Lipinski definition) is 1. The largest absolute Gasteiger partial charge is 0.360 e. The molecule has 0 saturated heterocycles. The van der Waals surface area contributed by atoms with Crippen LogP contribution in [0, 0.1) is 0 Å². The van der Waals surface area contributed by atoms with Crippen LogP contribution in [0.4, 0.5) is 5.13 Å². The lowest BCUT2D eigenvalue weighted by Gasteiger charge is -2.02. The van der Waals surface area contributed by atoms with Crippen LogP contribution < -0.4 is 5.32 Å². The minimum Gasteiger partial charge on any atom is -0.360 e. The molecule has 0 aliphatic rings. The highest BCUT2D eigenvalue weighted by Gasteiger charge is 2.07. The van der Waals surface area contributed by atoms with E-state index in [-0.39, 0.29) is 0 Å². The maximum absolute atomic E-state index is 4.36. The minimum atomic E-state index is 0.768. The first-order valence-corrected chi connectivity index (χ1v) is 8.06. The Balaban J connectivity index is 1.76. The molecule has 0 saturated carbocycles. The summed E-state index contributed by atoms with van der Waals surface area (Å²) >= 11 is 3.25. The molecule has 0 amide bonds. The van der Waals surface area contributed by atoms with Crippen LogP contribution in [0.25, 0.3) is 10.9 Å². The van der Waals surface area contributed by atoms with Gasteiger partial charge in [-0.05, 0) is 13.0 Å². The molecule has 0 spiro atoms. The molecule has 0 atom stereocenters. The van der Waals surface area contributed by atoms with Crippen LogP contribution in [0.3, 0.4) is 0 Å². The first-order chi connectivity index (χ1) is 9.86. The summed E-state index contributed by atoms with van der Waals surface area (Å²) in [5.74, 6) is 0.768. The van der Waals surface area contributed by atoms with Crippen molar-refractivity contribution >= 4 is 39.1 Å². The van der Waals surface area contributed by atoms with Gasteiger partial charge in [-0.15, -0.1) is 10.2 Å². The molecule has 0 unspecified atom stereocenters. The van der Waals surface area contributed by atoms with Gasteiger partial charge in [-0.2, -0.15) is 0 Å². The molecule has 1 N–H and O–H groups in total. The third-order valence-electron chi connectivity index (χ3n) is 2.63. The van der Waals surface area contributed by atoms with E-state index in [2.05, 4.69) is 25.5 Å². The number of aromatic nitrogens is 4. The fourth-order valence-electron chi connectivity index (χ4n) is 1.76. The van der Waals surface area contributed by atoms with Gasteiger partial charge < -0.3 is 5.32 Å². The first kappa shape index (κ1) is 13.3. The number of thioether (sulfide) groups is 1. The number of para-hydroxylation sites is 1. The Bertz CT molecular complexity index is 707. The molecule has 2 aromatic heterocycles. The van der Waals surface area contributed by atoms with Gasteiger partial charge in [0.05, 0.1) is 11.3 Å².